The molecular formula is C14H18FN3O3. The van der Waals surface area contributed by atoms with Crippen LogP contribution in [0.2, 0.25) is 0 Å². The van der Waals surface area contributed by atoms with Crippen molar-refractivity contribution in [2.24, 2.45) is 0 Å². The van der Waals surface area contributed by atoms with Gasteiger partial charge in [0.05, 0.1) is 6.54 Å². The summed E-state index contributed by atoms with van der Waals surface area (Å²) in [6.45, 7) is 1.53. The van der Waals surface area contributed by atoms with Crippen molar-refractivity contribution in [1.82, 2.24) is 15.5 Å². The third-order valence-corrected chi connectivity index (χ3v) is 3.42. The van der Waals surface area contributed by atoms with Gasteiger partial charge in [-0.15, -0.1) is 0 Å². The van der Waals surface area contributed by atoms with E-state index in [4.69, 9.17) is 5.11 Å². The average molecular weight is 295 g/mol. The summed E-state index contributed by atoms with van der Waals surface area (Å²) in [6, 6.07) is 5.50. The Kier molecular flexibility index (Phi) is 5.24. The van der Waals surface area contributed by atoms with Crippen LogP contribution in [-0.4, -0.2) is 54.1 Å². The zero-order valence-electron chi connectivity index (χ0n) is 11.5. The quantitative estimate of drug-likeness (QED) is 0.701. The first-order valence-electron chi connectivity index (χ1n) is 6.75. The number of halogens is 1. The normalized spacial score (nSPS) is 19.2. The Labute approximate surface area is 121 Å². The number of carbonyl (C=O) groups is 2. The number of benzene rings is 1. The highest BCUT2D eigenvalue weighted by molar-refractivity contribution is 5.80. The monoisotopic (exact) mass is 295 g/mol. The van der Waals surface area contributed by atoms with Gasteiger partial charge >= 0.3 is 5.97 Å². The van der Waals surface area contributed by atoms with E-state index in [-0.39, 0.29) is 24.8 Å². The summed E-state index contributed by atoms with van der Waals surface area (Å²) in [6.07, 6.45) is 0. The van der Waals surface area contributed by atoms with E-state index in [0.29, 0.717) is 25.2 Å². The van der Waals surface area contributed by atoms with Crippen molar-refractivity contribution in [3.8, 4) is 0 Å². The van der Waals surface area contributed by atoms with Crippen molar-refractivity contribution in [2.75, 3.05) is 26.2 Å². The molecule has 1 aromatic rings. The number of carboxylic acid groups (broad SMARTS) is 1. The minimum absolute atomic E-state index is 0.00685. The molecule has 1 amide bonds. The maximum atomic E-state index is 13.4. The van der Waals surface area contributed by atoms with Crippen LogP contribution in [0.5, 0.6) is 0 Å². The van der Waals surface area contributed by atoms with Gasteiger partial charge in [0, 0.05) is 31.7 Å². The summed E-state index contributed by atoms with van der Waals surface area (Å²) >= 11 is 0. The zero-order chi connectivity index (χ0) is 15.2. The second kappa shape index (κ2) is 7.14. The van der Waals surface area contributed by atoms with Gasteiger partial charge in [-0.2, -0.15) is 0 Å². The molecule has 0 bridgehead atoms. The lowest BCUT2D eigenvalue weighted by molar-refractivity contribution is -0.144. The number of amides is 1. The number of hydrogen-bond acceptors (Lipinski definition) is 4. The molecule has 1 fully saturated rings. The van der Waals surface area contributed by atoms with Crippen LogP contribution in [0.4, 0.5) is 4.39 Å². The third-order valence-electron chi connectivity index (χ3n) is 3.42. The van der Waals surface area contributed by atoms with E-state index < -0.39 is 12.0 Å². The molecule has 1 aromatic carbocycles. The van der Waals surface area contributed by atoms with Crippen LogP contribution in [0.15, 0.2) is 24.3 Å². The van der Waals surface area contributed by atoms with Crippen LogP contribution < -0.4 is 10.6 Å². The van der Waals surface area contributed by atoms with Crippen LogP contribution in [0.1, 0.15) is 5.56 Å². The highest BCUT2D eigenvalue weighted by atomic mass is 19.1. The van der Waals surface area contributed by atoms with E-state index >= 15 is 0 Å². The Bertz CT molecular complexity index is 524. The zero-order valence-corrected chi connectivity index (χ0v) is 11.5. The van der Waals surface area contributed by atoms with Crippen LogP contribution in [0.3, 0.4) is 0 Å². The highest BCUT2D eigenvalue weighted by Gasteiger charge is 2.29. The van der Waals surface area contributed by atoms with Crippen molar-refractivity contribution in [2.45, 2.75) is 12.6 Å². The van der Waals surface area contributed by atoms with E-state index in [1.54, 1.807) is 23.1 Å². The fourth-order valence-corrected chi connectivity index (χ4v) is 2.26. The molecule has 114 valence electrons. The summed E-state index contributed by atoms with van der Waals surface area (Å²) in [4.78, 5) is 24.6. The van der Waals surface area contributed by atoms with Crippen molar-refractivity contribution in [3.05, 3.63) is 35.6 Å². The minimum Gasteiger partial charge on any atom is -0.480 e. The van der Waals surface area contributed by atoms with Crippen molar-refractivity contribution >= 4 is 11.9 Å². The molecule has 6 nitrogen and oxygen atoms in total. The first-order chi connectivity index (χ1) is 10.1. The molecular weight excluding hydrogens is 277 g/mol. The van der Waals surface area contributed by atoms with Gasteiger partial charge < -0.3 is 15.7 Å². The van der Waals surface area contributed by atoms with Crippen molar-refractivity contribution in [3.63, 3.8) is 0 Å². The smallest absolute Gasteiger partial charge is 0.322 e. The lowest BCUT2D eigenvalue weighted by Gasteiger charge is -2.32. The van der Waals surface area contributed by atoms with Crippen LogP contribution in [0.25, 0.3) is 0 Å². The maximum Gasteiger partial charge on any atom is 0.322 e. The molecule has 1 unspecified atom stereocenters. The van der Waals surface area contributed by atoms with E-state index in [0.717, 1.165) is 0 Å². The van der Waals surface area contributed by atoms with E-state index in [9.17, 15) is 14.0 Å². The van der Waals surface area contributed by atoms with Gasteiger partial charge in [-0.1, -0.05) is 18.2 Å². The first-order valence-corrected chi connectivity index (χ1v) is 6.75. The van der Waals surface area contributed by atoms with Gasteiger partial charge in [0.2, 0.25) is 5.91 Å². The Morgan fingerprint density at radius 2 is 2.19 bits per heavy atom. The van der Waals surface area contributed by atoms with Crippen LogP contribution in [0, 0.1) is 5.82 Å². The number of aliphatic carboxylic acids is 1. The maximum absolute atomic E-state index is 13.4. The van der Waals surface area contributed by atoms with E-state index in [1.807, 2.05) is 0 Å². The second-order valence-corrected chi connectivity index (χ2v) is 4.90. The molecule has 0 aliphatic carbocycles. The molecule has 1 saturated heterocycles. The topological polar surface area (TPSA) is 81.7 Å². The van der Waals surface area contributed by atoms with Crippen LogP contribution >= 0.6 is 0 Å². The molecule has 1 aliphatic rings. The van der Waals surface area contributed by atoms with E-state index in [1.165, 1.54) is 6.07 Å². The summed E-state index contributed by atoms with van der Waals surface area (Å²) < 4.78 is 13.4. The summed E-state index contributed by atoms with van der Waals surface area (Å²) in [5, 5.41) is 14.7. The number of rotatable bonds is 5. The number of piperazine rings is 1. The molecule has 0 aromatic heterocycles. The fraction of sp³-hybridized carbons (Fsp3) is 0.429. The number of nitrogens with one attached hydrogen (secondary N) is 2. The molecule has 0 radical (unpaired) electrons. The van der Waals surface area contributed by atoms with Crippen molar-refractivity contribution < 1.29 is 19.1 Å². The van der Waals surface area contributed by atoms with Gasteiger partial charge in [-0.25, -0.2) is 4.39 Å². The average Bonchev–Trinajstić information content (AvgIpc) is 2.47. The molecule has 1 aliphatic heterocycles. The Balaban J connectivity index is 1.86. The lowest BCUT2D eigenvalue weighted by Crippen LogP contribution is -2.57. The molecule has 2 rings (SSSR count). The summed E-state index contributed by atoms with van der Waals surface area (Å²) in [5.74, 6) is -1.64. The predicted octanol–water partition coefficient (Wildman–Crippen LogP) is -0.200. The number of carboxylic acids is 1. The summed E-state index contributed by atoms with van der Waals surface area (Å²) in [5.41, 5.74) is 0.404. The number of carbonyl (C=O) groups excluding carboxylic acids is 1. The largest absolute Gasteiger partial charge is 0.480 e. The molecule has 0 spiro atoms. The molecule has 7 heteroatoms. The highest BCUT2D eigenvalue weighted by Crippen LogP contribution is 2.06. The lowest BCUT2D eigenvalue weighted by atomic mass is 10.2. The summed E-state index contributed by atoms with van der Waals surface area (Å²) in [7, 11) is 0. The predicted molar refractivity (Wildman–Crippen MR) is 74.1 cm³/mol. The number of nitrogens with zero attached hydrogens (tertiary/aromatic N) is 1. The van der Waals surface area contributed by atoms with Gasteiger partial charge in [0.25, 0.3) is 0 Å². The Morgan fingerprint density at radius 1 is 1.43 bits per heavy atom. The molecule has 3 N–H and O–H groups in total. The van der Waals surface area contributed by atoms with Gasteiger partial charge in [-0.05, 0) is 6.07 Å². The van der Waals surface area contributed by atoms with Gasteiger partial charge in [-0.3, -0.25) is 14.5 Å². The van der Waals surface area contributed by atoms with Crippen LogP contribution in [-0.2, 0) is 16.1 Å². The van der Waals surface area contributed by atoms with Gasteiger partial charge in [0.15, 0.2) is 0 Å². The van der Waals surface area contributed by atoms with E-state index in [2.05, 4.69) is 10.6 Å². The molecule has 1 atom stereocenters. The third kappa shape index (κ3) is 4.24. The fourth-order valence-electron chi connectivity index (χ4n) is 2.26. The van der Waals surface area contributed by atoms with Gasteiger partial charge in [0.1, 0.15) is 11.9 Å². The molecule has 21 heavy (non-hydrogen) atoms. The Hall–Kier alpha value is -1.99. The SMILES string of the molecule is O=C(CN1CCNCC1C(=O)O)NCc1ccccc1F. The number of hydrogen-bond donors (Lipinski definition) is 3. The second-order valence-electron chi connectivity index (χ2n) is 4.90. The first kappa shape index (κ1) is 15.4. The standard InChI is InChI=1S/C14H18FN3O3/c15-11-4-2-1-3-10(11)7-17-13(19)9-18-6-5-16-8-12(18)14(20)21/h1-4,12,16H,5-9H2,(H,17,19)(H,20,21). The van der Waals surface area contributed by atoms with Crippen molar-refractivity contribution in [1.29, 1.82) is 0 Å². The molecule has 1 heterocycles. The molecule has 0 saturated carbocycles. The Morgan fingerprint density at radius 3 is 2.90 bits per heavy atom. The minimum atomic E-state index is -0.955.